The van der Waals surface area contributed by atoms with Gasteiger partial charge in [-0.3, -0.25) is 0 Å². The summed E-state index contributed by atoms with van der Waals surface area (Å²) in [7, 11) is 2.17. The van der Waals surface area contributed by atoms with E-state index in [1.807, 2.05) is 64.2 Å². The molecule has 21 heavy (non-hydrogen) atoms. The first-order valence-corrected chi connectivity index (χ1v) is 16.8. The summed E-state index contributed by atoms with van der Waals surface area (Å²) in [5, 5.41) is 0. The zero-order chi connectivity index (χ0) is 15.2. The molecule has 0 aromatic carbocycles. The molecule has 2 saturated carbocycles. The molecule has 6 heteroatoms. The van der Waals surface area contributed by atoms with Gasteiger partial charge in [0.05, 0.1) is 0 Å². The molecule has 0 aliphatic heterocycles. The van der Waals surface area contributed by atoms with Gasteiger partial charge in [-0.1, -0.05) is 0 Å². The minimum Gasteiger partial charge on any atom is -0.0312 e. The Kier molecular flexibility index (Phi) is 73.1. The summed E-state index contributed by atoms with van der Waals surface area (Å²) in [5.41, 5.74) is 0. The second-order valence-electron chi connectivity index (χ2n) is 3.08. The van der Waals surface area contributed by atoms with E-state index in [4.69, 9.17) is 0 Å². The van der Waals surface area contributed by atoms with E-state index in [1.54, 1.807) is 0 Å². The molecule has 0 spiro atoms. The van der Waals surface area contributed by atoms with Gasteiger partial charge in [0.25, 0.3) is 0 Å². The van der Waals surface area contributed by atoms with Gasteiger partial charge in [0, 0.05) is 33.6 Å². The summed E-state index contributed by atoms with van der Waals surface area (Å²) in [6.45, 7) is 8.61. The normalized spacial score (nSPS) is 14.0. The van der Waals surface area contributed by atoms with Gasteiger partial charge in [-0.05, 0) is 90.9 Å². The molecule has 0 aromatic heterocycles. The average molecular weight is 593 g/mol. The Balaban J connectivity index is -0.0000000511. The van der Waals surface area contributed by atoms with Gasteiger partial charge in [-0.2, -0.15) is 0 Å². The third-order valence-electron chi connectivity index (χ3n) is 1.11. The zero-order valence-corrected chi connectivity index (χ0v) is 21.2. The molecule has 0 amide bonds. The van der Waals surface area contributed by atoms with E-state index in [0.29, 0.717) is 0 Å². The number of hydrogen-bond acceptors (Lipinski definition) is 0. The first-order valence-electron chi connectivity index (χ1n) is 5.90. The average Bonchev–Trinajstić information content (AvgIpc) is 3.11. The molecule has 2 aliphatic carbocycles. The predicted molar refractivity (Wildman–Crippen MR) is 109 cm³/mol. The molecule has 128 valence electrons. The van der Waals surface area contributed by atoms with Crippen LogP contribution < -0.4 is 0 Å². The zero-order valence-electron chi connectivity index (χ0n) is 13.2. The van der Waals surface area contributed by atoms with Gasteiger partial charge >= 0.3 is 37.9 Å². The van der Waals surface area contributed by atoms with Gasteiger partial charge in [0.2, 0.25) is 0 Å². The maximum Gasteiger partial charge on any atom is 0 e. The van der Waals surface area contributed by atoms with Gasteiger partial charge in [0.1, 0.15) is 0 Å². The molecule has 12 radical (unpaired) electrons. The summed E-state index contributed by atoms with van der Waals surface area (Å²) < 4.78 is 0. The van der Waals surface area contributed by atoms with Crippen LogP contribution >= 0.6 is 37.5 Å². The van der Waals surface area contributed by atoms with Crippen LogP contribution in [0.4, 0.5) is 0 Å². The van der Waals surface area contributed by atoms with Crippen LogP contribution in [0, 0.1) is 64.2 Å². The molecule has 2 aliphatic rings. The van der Waals surface area contributed by atoms with Crippen LogP contribution in [0.25, 0.3) is 0 Å². The number of rotatable bonds is 0. The molecule has 2 rings (SSSR count). The monoisotopic (exact) mass is 594 g/mol. The summed E-state index contributed by atoms with van der Waals surface area (Å²) in [6.07, 6.45) is 20.0. The van der Waals surface area contributed by atoms with Crippen LogP contribution in [0.5, 0.6) is 0 Å². The molecule has 0 atom stereocenters. The SMILES string of the molecule is CPC.CPC.C[Se]I.[CH]1[CH][CH][CH][CH]1.[CH]1[CH][CH][CH][CH]1.[Co].[Co]. The van der Waals surface area contributed by atoms with E-state index in [0.717, 1.165) is 28.9 Å². The van der Waals surface area contributed by atoms with Gasteiger partial charge in [0.15, 0.2) is 0 Å². The van der Waals surface area contributed by atoms with Gasteiger partial charge in [-0.25, -0.2) is 0 Å². The fourth-order valence-electron chi connectivity index (χ4n) is 0.642. The van der Waals surface area contributed by atoms with Crippen molar-refractivity contribution in [2.45, 2.75) is 5.82 Å². The minimum atomic E-state index is 0. The van der Waals surface area contributed by atoms with Crippen molar-refractivity contribution in [2.75, 3.05) is 26.7 Å². The Morgan fingerprint density at radius 3 is 0.667 bits per heavy atom. The van der Waals surface area contributed by atoms with Crippen LogP contribution in [-0.4, -0.2) is 38.4 Å². The maximum absolute atomic E-state index is 2.35. The minimum absolute atomic E-state index is 0. The third kappa shape index (κ3) is 59.9. The second-order valence-corrected chi connectivity index (χ2v) is 10.3. The topological polar surface area (TPSA) is 0 Å². The second kappa shape index (κ2) is 43.5. The molecule has 0 aromatic rings. The quantitative estimate of drug-likeness (QED) is 0.212. The first kappa shape index (κ1) is 35.3. The van der Waals surface area contributed by atoms with E-state index < -0.39 is 0 Å². The van der Waals surface area contributed by atoms with Crippen LogP contribution in [0.1, 0.15) is 0 Å². The standard InChI is InChI=1S/2C5H5.2C2H7P.CH3ISe.2Co/c2*1-2-4-5-3-1;3*1-3-2;;/h2*1-5H;2*3H,1-2H3;1H3;;. The van der Waals surface area contributed by atoms with Crippen molar-refractivity contribution >= 4 is 49.2 Å². The molecular weight excluding hydrogens is 566 g/mol. The first-order chi connectivity index (χ1) is 9.24. The van der Waals surface area contributed by atoms with Crippen LogP contribution in [0.15, 0.2) is 0 Å². The number of hydrogen-bond donors (Lipinski definition) is 0. The molecule has 0 saturated heterocycles. The molecule has 0 unspecified atom stereocenters. The van der Waals surface area contributed by atoms with Crippen molar-refractivity contribution in [1.82, 2.24) is 0 Å². The van der Waals surface area contributed by atoms with Crippen LogP contribution in [0.2, 0.25) is 5.82 Å². The largest absolute Gasteiger partial charge is 0.0312 e. The Morgan fingerprint density at radius 2 is 0.619 bits per heavy atom. The third-order valence-corrected chi connectivity index (χ3v) is 1.11. The van der Waals surface area contributed by atoms with E-state index in [9.17, 15) is 0 Å². The van der Waals surface area contributed by atoms with E-state index >= 15 is 0 Å². The Labute approximate surface area is 177 Å². The van der Waals surface area contributed by atoms with Crippen molar-refractivity contribution in [3.8, 4) is 0 Å². The van der Waals surface area contributed by atoms with Gasteiger partial charge < -0.3 is 0 Å². The van der Waals surface area contributed by atoms with Crippen molar-refractivity contribution in [1.29, 1.82) is 0 Å². The maximum atomic E-state index is 2.35. The van der Waals surface area contributed by atoms with Crippen molar-refractivity contribution < 1.29 is 33.6 Å². The van der Waals surface area contributed by atoms with Crippen LogP contribution in [0.3, 0.4) is 0 Å². The smallest absolute Gasteiger partial charge is 0 e. The molecule has 2 fully saturated rings. The molecule has 0 N–H and O–H groups in total. The molecule has 0 heterocycles. The van der Waals surface area contributed by atoms with E-state index in [1.165, 1.54) is 0 Å². The predicted octanol–water partition coefficient (Wildman–Crippen LogP) is 4.98. The van der Waals surface area contributed by atoms with Crippen molar-refractivity contribution in [3.63, 3.8) is 0 Å². The van der Waals surface area contributed by atoms with E-state index in [2.05, 4.69) is 52.8 Å². The molecular formula is C15H27Co2IP2Se. The fraction of sp³-hybridized carbons (Fsp3) is 0.333. The van der Waals surface area contributed by atoms with Gasteiger partial charge in [-0.15, -0.1) is 17.2 Å². The molecule has 0 bridgehead atoms. The summed E-state index contributed by atoms with van der Waals surface area (Å²) in [6, 6.07) is 0. The summed E-state index contributed by atoms with van der Waals surface area (Å²) >= 11 is 3.20. The Hall–Kier alpha value is 3.12. The Bertz CT molecular complexity index is 87.9. The fourth-order valence-corrected chi connectivity index (χ4v) is 0.642. The summed E-state index contributed by atoms with van der Waals surface area (Å²) in [5.74, 6) is 2.17. The van der Waals surface area contributed by atoms with Crippen molar-refractivity contribution in [3.05, 3.63) is 64.2 Å². The Morgan fingerprint density at radius 1 is 0.571 bits per heavy atom. The van der Waals surface area contributed by atoms with Crippen molar-refractivity contribution in [2.24, 2.45) is 0 Å². The number of halogens is 1. The van der Waals surface area contributed by atoms with E-state index in [-0.39, 0.29) is 33.6 Å². The van der Waals surface area contributed by atoms with Crippen LogP contribution in [-0.2, 0) is 33.6 Å². The summed E-state index contributed by atoms with van der Waals surface area (Å²) in [4.78, 5) is 0. The molecule has 0 nitrogen and oxygen atoms in total.